The van der Waals surface area contributed by atoms with E-state index in [1.807, 2.05) is 19.1 Å². The van der Waals surface area contributed by atoms with Crippen molar-refractivity contribution in [1.29, 1.82) is 0 Å². The molecule has 1 amide bonds. The van der Waals surface area contributed by atoms with Gasteiger partial charge in [-0.3, -0.25) is 14.4 Å². The van der Waals surface area contributed by atoms with Crippen molar-refractivity contribution in [3.05, 3.63) is 63.1 Å². The number of aromatic nitrogens is 1. The molecule has 0 radical (unpaired) electrons. The number of carbonyl (C=O) groups excluding carboxylic acids is 2. The number of hydrogen-bond acceptors (Lipinski definition) is 3. The third-order valence-corrected chi connectivity index (χ3v) is 3.81. The number of aromatic amines is 1. The number of amides is 1. The van der Waals surface area contributed by atoms with Crippen LogP contribution < -0.4 is 10.9 Å². The van der Waals surface area contributed by atoms with Crippen LogP contribution in [0.15, 0.2) is 35.1 Å². The molecule has 0 spiro atoms. The lowest BCUT2D eigenvalue weighted by molar-refractivity contribution is 0.0971. The fraction of sp³-hybridized carbons (Fsp3) is 0.235. The lowest BCUT2D eigenvalue weighted by Gasteiger charge is -2.15. The predicted octanol–water partition coefficient (Wildman–Crippen LogP) is 2.45. The second-order valence-electron chi connectivity index (χ2n) is 5.50. The fourth-order valence-electron chi connectivity index (χ4n) is 2.58. The minimum absolute atomic E-state index is 0.0260. The SMILES string of the molecule is Cc1ccc(NC(=O)c2cc3c([nH]c2=O)CCCC3=O)cc1. The zero-order chi connectivity index (χ0) is 15.7. The molecule has 0 aliphatic heterocycles. The zero-order valence-corrected chi connectivity index (χ0v) is 12.2. The molecule has 0 atom stereocenters. The van der Waals surface area contributed by atoms with E-state index in [0.717, 1.165) is 12.0 Å². The van der Waals surface area contributed by atoms with Gasteiger partial charge < -0.3 is 10.3 Å². The summed E-state index contributed by atoms with van der Waals surface area (Å²) in [4.78, 5) is 38.9. The molecule has 22 heavy (non-hydrogen) atoms. The van der Waals surface area contributed by atoms with Gasteiger partial charge in [0, 0.05) is 23.4 Å². The Balaban J connectivity index is 1.92. The number of nitrogens with one attached hydrogen (secondary N) is 2. The highest BCUT2D eigenvalue weighted by Crippen LogP contribution is 2.19. The number of rotatable bonds is 2. The molecule has 0 fully saturated rings. The van der Waals surface area contributed by atoms with Gasteiger partial charge in [0.2, 0.25) is 0 Å². The number of Topliss-reactive ketones (excluding diaryl/α,β-unsaturated/α-hetero) is 1. The molecule has 3 rings (SSSR count). The third-order valence-electron chi connectivity index (χ3n) is 3.81. The van der Waals surface area contributed by atoms with Crippen LogP contribution in [0, 0.1) is 6.92 Å². The topological polar surface area (TPSA) is 79.0 Å². The Kier molecular flexibility index (Phi) is 3.63. The summed E-state index contributed by atoms with van der Waals surface area (Å²) in [5.74, 6) is -0.534. The zero-order valence-electron chi connectivity index (χ0n) is 12.2. The van der Waals surface area contributed by atoms with Crippen molar-refractivity contribution in [2.75, 3.05) is 5.32 Å². The minimum atomic E-state index is -0.508. The molecule has 5 nitrogen and oxygen atoms in total. The normalized spacial score (nSPS) is 13.6. The van der Waals surface area contributed by atoms with Gasteiger partial charge in [-0.25, -0.2) is 0 Å². The first kappa shape index (κ1) is 14.3. The molecule has 0 saturated heterocycles. The van der Waals surface area contributed by atoms with Gasteiger partial charge in [0.05, 0.1) is 0 Å². The molecule has 112 valence electrons. The maximum atomic E-state index is 12.3. The smallest absolute Gasteiger partial charge is 0.261 e. The first-order chi connectivity index (χ1) is 10.5. The lowest BCUT2D eigenvalue weighted by atomic mass is 9.93. The van der Waals surface area contributed by atoms with Gasteiger partial charge in [-0.2, -0.15) is 0 Å². The van der Waals surface area contributed by atoms with E-state index in [1.165, 1.54) is 6.07 Å². The molecule has 1 aromatic heterocycles. The van der Waals surface area contributed by atoms with Crippen LogP contribution in [0.1, 0.15) is 44.8 Å². The number of hydrogen-bond donors (Lipinski definition) is 2. The van der Waals surface area contributed by atoms with E-state index in [9.17, 15) is 14.4 Å². The van der Waals surface area contributed by atoms with Crippen molar-refractivity contribution in [3.8, 4) is 0 Å². The number of aryl methyl sites for hydroxylation is 2. The molecule has 1 heterocycles. The quantitative estimate of drug-likeness (QED) is 0.893. The first-order valence-corrected chi connectivity index (χ1v) is 7.22. The molecule has 1 aromatic carbocycles. The van der Waals surface area contributed by atoms with Crippen LogP contribution in [0.5, 0.6) is 0 Å². The molecule has 1 aliphatic carbocycles. The number of fused-ring (bicyclic) bond motifs is 1. The molecule has 0 unspecified atom stereocenters. The minimum Gasteiger partial charge on any atom is -0.325 e. The van der Waals surface area contributed by atoms with Crippen molar-refractivity contribution >= 4 is 17.4 Å². The summed E-state index contributed by atoms with van der Waals surface area (Å²) in [6, 6.07) is 8.70. The molecule has 2 aromatic rings. The third kappa shape index (κ3) is 2.70. The predicted molar refractivity (Wildman–Crippen MR) is 83.5 cm³/mol. The average molecular weight is 296 g/mol. The summed E-state index contributed by atoms with van der Waals surface area (Å²) >= 11 is 0. The highest BCUT2D eigenvalue weighted by Gasteiger charge is 2.22. The molecule has 0 saturated carbocycles. The van der Waals surface area contributed by atoms with E-state index in [0.29, 0.717) is 29.8 Å². The van der Waals surface area contributed by atoms with Gasteiger partial charge in [0.1, 0.15) is 5.56 Å². The van der Waals surface area contributed by atoms with Gasteiger partial charge >= 0.3 is 0 Å². The van der Waals surface area contributed by atoms with E-state index in [-0.39, 0.29) is 11.3 Å². The van der Waals surface area contributed by atoms with Crippen LogP contribution in [0.25, 0.3) is 0 Å². The summed E-state index contributed by atoms with van der Waals surface area (Å²) in [6.07, 6.45) is 1.85. The lowest BCUT2D eigenvalue weighted by Crippen LogP contribution is -2.27. The van der Waals surface area contributed by atoms with Crippen molar-refractivity contribution in [2.45, 2.75) is 26.2 Å². The Morgan fingerprint density at radius 2 is 1.86 bits per heavy atom. The first-order valence-electron chi connectivity index (χ1n) is 7.22. The number of H-pyrrole nitrogens is 1. The summed E-state index contributed by atoms with van der Waals surface area (Å²) in [7, 11) is 0. The Morgan fingerprint density at radius 3 is 2.59 bits per heavy atom. The average Bonchev–Trinajstić information content (AvgIpc) is 2.49. The summed E-state index contributed by atoms with van der Waals surface area (Å²) < 4.78 is 0. The second kappa shape index (κ2) is 5.60. The monoisotopic (exact) mass is 296 g/mol. The highest BCUT2D eigenvalue weighted by molar-refractivity contribution is 6.06. The van der Waals surface area contributed by atoms with Crippen LogP contribution in [-0.2, 0) is 6.42 Å². The standard InChI is InChI=1S/C17H16N2O3/c1-10-5-7-11(8-6-10)18-16(21)13-9-12-14(19-17(13)22)3-2-4-15(12)20/h5-9H,2-4H2,1H3,(H,18,21)(H,19,22). The van der Waals surface area contributed by atoms with E-state index in [4.69, 9.17) is 0 Å². The molecule has 0 bridgehead atoms. The molecule has 2 N–H and O–H groups in total. The Labute approximate surface area is 127 Å². The summed E-state index contributed by atoms with van der Waals surface area (Å²) in [5.41, 5.74) is 2.29. The number of anilines is 1. The van der Waals surface area contributed by atoms with Crippen molar-refractivity contribution in [2.24, 2.45) is 0 Å². The van der Waals surface area contributed by atoms with Gasteiger partial charge in [0.25, 0.3) is 11.5 Å². The number of ketones is 1. The van der Waals surface area contributed by atoms with Crippen LogP contribution >= 0.6 is 0 Å². The number of carbonyl (C=O) groups is 2. The van der Waals surface area contributed by atoms with Crippen molar-refractivity contribution in [3.63, 3.8) is 0 Å². The highest BCUT2D eigenvalue weighted by atomic mass is 16.2. The largest absolute Gasteiger partial charge is 0.325 e. The molecule has 5 heteroatoms. The van der Waals surface area contributed by atoms with Crippen LogP contribution in [-0.4, -0.2) is 16.7 Å². The molecule has 1 aliphatic rings. The van der Waals surface area contributed by atoms with Crippen LogP contribution in [0.4, 0.5) is 5.69 Å². The summed E-state index contributed by atoms with van der Waals surface area (Å²) in [5, 5.41) is 2.68. The Bertz CT molecular complexity index is 804. The number of pyridine rings is 1. The van der Waals surface area contributed by atoms with Gasteiger partial charge in [-0.05, 0) is 38.0 Å². The van der Waals surface area contributed by atoms with Crippen LogP contribution in [0.3, 0.4) is 0 Å². The maximum Gasteiger partial charge on any atom is 0.261 e. The van der Waals surface area contributed by atoms with E-state index >= 15 is 0 Å². The van der Waals surface area contributed by atoms with Crippen molar-refractivity contribution in [1.82, 2.24) is 4.98 Å². The van der Waals surface area contributed by atoms with Crippen molar-refractivity contribution < 1.29 is 9.59 Å². The number of benzene rings is 1. The van der Waals surface area contributed by atoms with Gasteiger partial charge in [0.15, 0.2) is 5.78 Å². The Morgan fingerprint density at radius 1 is 1.14 bits per heavy atom. The van der Waals surface area contributed by atoms with Crippen LogP contribution in [0.2, 0.25) is 0 Å². The molecular formula is C17H16N2O3. The van der Waals surface area contributed by atoms with E-state index in [1.54, 1.807) is 12.1 Å². The van der Waals surface area contributed by atoms with Gasteiger partial charge in [-0.1, -0.05) is 17.7 Å². The Hall–Kier alpha value is -2.69. The second-order valence-corrected chi connectivity index (χ2v) is 5.50. The van der Waals surface area contributed by atoms with E-state index < -0.39 is 11.5 Å². The summed E-state index contributed by atoms with van der Waals surface area (Å²) in [6.45, 7) is 1.95. The van der Waals surface area contributed by atoms with E-state index in [2.05, 4.69) is 10.3 Å². The van der Waals surface area contributed by atoms with Gasteiger partial charge in [-0.15, -0.1) is 0 Å². The fourth-order valence-corrected chi connectivity index (χ4v) is 2.58. The maximum absolute atomic E-state index is 12.3. The molecular weight excluding hydrogens is 280 g/mol.